The van der Waals surface area contributed by atoms with Gasteiger partial charge in [-0.3, -0.25) is 9.48 Å². The van der Waals surface area contributed by atoms with Crippen LogP contribution in [0.5, 0.6) is 0 Å². The summed E-state index contributed by atoms with van der Waals surface area (Å²) in [5, 5.41) is 8.59. The molecule has 2 fully saturated rings. The second-order valence-corrected chi connectivity index (χ2v) is 6.77. The topological polar surface area (TPSA) is 46.9 Å². The Balaban J connectivity index is 1.72. The predicted molar refractivity (Wildman–Crippen MR) is 83.6 cm³/mol. The molecule has 5 heteroatoms. The summed E-state index contributed by atoms with van der Waals surface area (Å²) in [6, 6.07) is 0. The number of Topliss-reactive ketones (excluding diaryl/α,β-unsaturated/α-hetero) is 1. The molecule has 1 aliphatic carbocycles. The summed E-state index contributed by atoms with van der Waals surface area (Å²) >= 11 is 6.41. The van der Waals surface area contributed by atoms with E-state index >= 15 is 0 Å². The highest BCUT2D eigenvalue weighted by Crippen LogP contribution is 2.59. The van der Waals surface area contributed by atoms with Crippen LogP contribution in [-0.2, 0) is 24.2 Å². The highest BCUT2D eigenvalue weighted by Gasteiger charge is 2.57. The van der Waals surface area contributed by atoms with Crippen LogP contribution in [0.25, 0.3) is 0 Å². The van der Waals surface area contributed by atoms with E-state index < -0.39 is 0 Å². The minimum Gasteiger partial charge on any atom is -0.317 e. The first-order chi connectivity index (χ1) is 10.1. The third kappa shape index (κ3) is 2.64. The molecule has 2 heterocycles. The molecule has 1 unspecified atom stereocenters. The molecule has 0 bridgehead atoms. The van der Waals surface area contributed by atoms with Gasteiger partial charge in [-0.1, -0.05) is 18.5 Å². The molecule has 1 saturated carbocycles. The van der Waals surface area contributed by atoms with Crippen molar-refractivity contribution < 1.29 is 4.79 Å². The number of carbonyl (C=O) groups is 1. The molecule has 0 radical (unpaired) electrons. The van der Waals surface area contributed by atoms with E-state index in [4.69, 9.17) is 11.6 Å². The summed E-state index contributed by atoms with van der Waals surface area (Å²) in [4.78, 5) is 12.6. The van der Waals surface area contributed by atoms with Gasteiger partial charge in [-0.25, -0.2) is 0 Å². The van der Waals surface area contributed by atoms with Crippen LogP contribution in [0.2, 0.25) is 5.02 Å². The Bertz CT molecular complexity index is 546. The number of nitrogens with zero attached hydrogens (tertiary/aromatic N) is 2. The Hall–Kier alpha value is -0.870. The van der Waals surface area contributed by atoms with Crippen LogP contribution in [0.3, 0.4) is 0 Å². The Morgan fingerprint density at radius 1 is 1.43 bits per heavy atom. The van der Waals surface area contributed by atoms with Crippen LogP contribution in [0, 0.1) is 11.3 Å². The third-order valence-electron chi connectivity index (χ3n) is 5.21. The van der Waals surface area contributed by atoms with Crippen molar-refractivity contribution in [2.24, 2.45) is 11.3 Å². The van der Waals surface area contributed by atoms with Crippen molar-refractivity contribution in [2.75, 3.05) is 13.1 Å². The summed E-state index contributed by atoms with van der Waals surface area (Å²) in [6.45, 7) is 6.96. The number of hydrogen-bond donors (Lipinski definition) is 1. The van der Waals surface area contributed by atoms with E-state index in [9.17, 15) is 4.79 Å². The number of hydrogen-bond acceptors (Lipinski definition) is 3. The molecule has 1 spiro atoms. The Morgan fingerprint density at radius 3 is 2.76 bits per heavy atom. The molecule has 4 nitrogen and oxygen atoms in total. The third-order valence-corrected chi connectivity index (χ3v) is 5.65. The van der Waals surface area contributed by atoms with Crippen LogP contribution >= 0.6 is 11.6 Å². The van der Waals surface area contributed by atoms with Gasteiger partial charge in [0.2, 0.25) is 0 Å². The lowest BCUT2D eigenvalue weighted by molar-refractivity contribution is -0.120. The van der Waals surface area contributed by atoms with Crippen LogP contribution in [0.15, 0.2) is 0 Å². The second kappa shape index (κ2) is 5.73. The Morgan fingerprint density at radius 2 is 2.14 bits per heavy atom. The smallest absolute Gasteiger partial charge is 0.142 e. The number of rotatable bonds is 5. The van der Waals surface area contributed by atoms with Crippen LogP contribution in [-0.4, -0.2) is 28.7 Å². The van der Waals surface area contributed by atoms with E-state index in [-0.39, 0.29) is 5.92 Å². The number of ketones is 1. The minimum absolute atomic E-state index is 0.251. The van der Waals surface area contributed by atoms with E-state index in [1.165, 1.54) is 0 Å². The van der Waals surface area contributed by atoms with Gasteiger partial charge in [0, 0.05) is 12.5 Å². The molecule has 1 aromatic heterocycles. The van der Waals surface area contributed by atoms with E-state index in [1.807, 2.05) is 18.5 Å². The zero-order valence-corrected chi connectivity index (χ0v) is 13.7. The highest BCUT2D eigenvalue weighted by molar-refractivity contribution is 6.32. The number of carbonyl (C=O) groups excluding carboxylic acids is 1. The number of nitrogens with one attached hydrogen (secondary N) is 1. The normalized spacial score (nSPS) is 23.5. The lowest BCUT2D eigenvalue weighted by Gasteiger charge is -2.23. The van der Waals surface area contributed by atoms with Gasteiger partial charge in [0.1, 0.15) is 5.78 Å². The molecule has 1 aliphatic heterocycles. The summed E-state index contributed by atoms with van der Waals surface area (Å²) in [5.74, 6) is 0.608. The van der Waals surface area contributed by atoms with Crippen LogP contribution < -0.4 is 5.32 Å². The fraction of sp³-hybridized carbons (Fsp3) is 0.750. The molecule has 21 heavy (non-hydrogen) atoms. The van der Waals surface area contributed by atoms with Crippen molar-refractivity contribution in [3.8, 4) is 0 Å². The fourth-order valence-electron chi connectivity index (χ4n) is 3.75. The number of aromatic nitrogens is 2. The van der Waals surface area contributed by atoms with E-state index in [1.54, 1.807) is 0 Å². The van der Waals surface area contributed by atoms with Crippen molar-refractivity contribution in [3.05, 3.63) is 16.4 Å². The number of piperidine rings is 1. The molecule has 116 valence electrons. The molecule has 2 aliphatic rings. The average Bonchev–Trinajstić information content (AvgIpc) is 3.10. The number of aryl methyl sites for hydroxylation is 2. The summed E-state index contributed by atoms with van der Waals surface area (Å²) in [6.07, 6.45) is 4.62. The molecule has 0 aromatic carbocycles. The van der Waals surface area contributed by atoms with E-state index in [0.717, 1.165) is 56.7 Å². The van der Waals surface area contributed by atoms with Crippen molar-refractivity contribution >= 4 is 17.4 Å². The SMILES string of the molecule is CCc1nn(CC)c(CC(=O)C2CC23CCNCC3)c1Cl. The Kier molecular flexibility index (Phi) is 4.10. The maximum Gasteiger partial charge on any atom is 0.142 e. The van der Waals surface area contributed by atoms with Gasteiger partial charge in [0.25, 0.3) is 0 Å². The number of halogens is 1. The van der Waals surface area contributed by atoms with Gasteiger partial charge in [0.05, 0.1) is 22.8 Å². The van der Waals surface area contributed by atoms with Gasteiger partial charge in [-0.15, -0.1) is 0 Å². The maximum atomic E-state index is 12.6. The first kappa shape index (κ1) is 15.0. The molecule has 1 aromatic rings. The quantitative estimate of drug-likeness (QED) is 0.909. The van der Waals surface area contributed by atoms with Gasteiger partial charge in [-0.05, 0) is 51.1 Å². The van der Waals surface area contributed by atoms with E-state index in [0.29, 0.717) is 22.6 Å². The first-order valence-electron chi connectivity index (χ1n) is 8.08. The van der Waals surface area contributed by atoms with Gasteiger partial charge in [0.15, 0.2) is 0 Å². The minimum atomic E-state index is 0.251. The van der Waals surface area contributed by atoms with Crippen molar-refractivity contribution in [2.45, 2.75) is 52.5 Å². The van der Waals surface area contributed by atoms with Gasteiger partial charge in [-0.2, -0.15) is 5.10 Å². The first-order valence-corrected chi connectivity index (χ1v) is 8.46. The molecule has 1 N–H and O–H groups in total. The molecular formula is C16H24ClN3O. The molecule has 1 atom stereocenters. The van der Waals surface area contributed by atoms with E-state index in [2.05, 4.69) is 10.4 Å². The highest BCUT2D eigenvalue weighted by atomic mass is 35.5. The average molecular weight is 310 g/mol. The zero-order valence-electron chi connectivity index (χ0n) is 12.9. The monoisotopic (exact) mass is 309 g/mol. The molecule has 0 amide bonds. The maximum absolute atomic E-state index is 12.6. The predicted octanol–water partition coefficient (Wildman–Crippen LogP) is 2.62. The molecule has 3 rings (SSSR count). The largest absolute Gasteiger partial charge is 0.317 e. The second-order valence-electron chi connectivity index (χ2n) is 6.39. The fourth-order valence-corrected chi connectivity index (χ4v) is 4.09. The van der Waals surface area contributed by atoms with Gasteiger partial charge >= 0.3 is 0 Å². The van der Waals surface area contributed by atoms with Crippen molar-refractivity contribution in [1.29, 1.82) is 0 Å². The summed E-state index contributed by atoms with van der Waals surface area (Å²) in [7, 11) is 0. The van der Waals surface area contributed by atoms with Crippen LogP contribution in [0.1, 0.15) is 44.5 Å². The Labute approximate surface area is 131 Å². The van der Waals surface area contributed by atoms with Crippen molar-refractivity contribution in [3.63, 3.8) is 0 Å². The lowest BCUT2D eigenvalue weighted by Crippen LogP contribution is -2.31. The molecular weight excluding hydrogens is 286 g/mol. The zero-order chi connectivity index (χ0) is 15.0. The summed E-state index contributed by atoms with van der Waals surface area (Å²) in [5.41, 5.74) is 2.13. The summed E-state index contributed by atoms with van der Waals surface area (Å²) < 4.78 is 1.90. The molecule has 1 saturated heterocycles. The standard InChI is InChI=1S/C16H24ClN3O/c1-3-12-15(17)13(20(4-2)19-12)9-14(21)11-10-16(11)5-7-18-8-6-16/h11,18H,3-10H2,1-2H3. The van der Waals surface area contributed by atoms with Gasteiger partial charge < -0.3 is 5.32 Å². The van der Waals surface area contributed by atoms with Crippen LogP contribution in [0.4, 0.5) is 0 Å². The lowest BCUT2D eigenvalue weighted by atomic mass is 9.90. The van der Waals surface area contributed by atoms with Crippen molar-refractivity contribution in [1.82, 2.24) is 15.1 Å².